The van der Waals surface area contributed by atoms with Crippen LogP contribution < -0.4 is 5.32 Å². The van der Waals surface area contributed by atoms with Crippen molar-refractivity contribution in [2.24, 2.45) is 0 Å². The Morgan fingerprint density at radius 3 is 2.93 bits per heavy atom. The smallest absolute Gasteiger partial charge is 0.0439 e. The quantitative estimate of drug-likeness (QED) is 0.748. The molecule has 0 bridgehead atoms. The predicted molar refractivity (Wildman–Crippen MR) is 61.4 cm³/mol. The molecule has 1 spiro atoms. The average molecular weight is 252 g/mol. The van der Waals surface area contributed by atoms with Crippen LogP contribution >= 0.6 is 15.9 Å². The Morgan fingerprint density at radius 1 is 1.29 bits per heavy atom. The van der Waals surface area contributed by atoms with Crippen molar-refractivity contribution in [3.05, 3.63) is 33.8 Å². The van der Waals surface area contributed by atoms with Crippen LogP contribution in [0.25, 0.3) is 0 Å². The molecular formula is C12H14BrN. The standard InChI is InChI=1S/C12H14BrN/c13-11-5-1-4-10-9(11)3-2-8-14-12(10)6-7-12/h1,4-5,14H,2-3,6-8H2. The number of rotatable bonds is 0. The molecule has 1 N–H and O–H groups in total. The molecule has 2 heteroatoms. The molecule has 74 valence electrons. The van der Waals surface area contributed by atoms with E-state index in [0.717, 1.165) is 0 Å². The third-order valence-corrected chi connectivity index (χ3v) is 4.19. The molecule has 1 aliphatic heterocycles. The zero-order valence-corrected chi connectivity index (χ0v) is 9.73. The van der Waals surface area contributed by atoms with Crippen LogP contribution in [0.2, 0.25) is 0 Å². The Morgan fingerprint density at radius 2 is 2.14 bits per heavy atom. The highest BCUT2D eigenvalue weighted by molar-refractivity contribution is 9.10. The summed E-state index contributed by atoms with van der Waals surface area (Å²) in [6.45, 7) is 1.17. The van der Waals surface area contributed by atoms with E-state index in [4.69, 9.17) is 0 Å². The van der Waals surface area contributed by atoms with Crippen LogP contribution in [0, 0.1) is 0 Å². The Hall–Kier alpha value is -0.340. The van der Waals surface area contributed by atoms with Gasteiger partial charge >= 0.3 is 0 Å². The summed E-state index contributed by atoms with van der Waals surface area (Å²) in [5.74, 6) is 0. The van der Waals surface area contributed by atoms with Crippen LogP contribution in [-0.4, -0.2) is 6.54 Å². The van der Waals surface area contributed by atoms with Crippen LogP contribution in [0.15, 0.2) is 22.7 Å². The summed E-state index contributed by atoms with van der Waals surface area (Å²) in [7, 11) is 0. The van der Waals surface area contributed by atoms with Crippen LogP contribution in [-0.2, 0) is 12.0 Å². The van der Waals surface area contributed by atoms with Crippen molar-refractivity contribution in [3.63, 3.8) is 0 Å². The summed E-state index contributed by atoms with van der Waals surface area (Å²) >= 11 is 3.67. The summed E-state index contributed by atoms with van der Waals surface area (Å²) in [4.78, 5) is 0. The van der Waals surface area contributed by atoms with E-state index in [2.05, 4.69) is 39.4 Å². The van der Waals surface area contributed by atoms with Gasteiger partial charge in [-0.3, -0.25) is 0 Å². The molecule has 0 aromatic heterocycles. The molecule has 0 saturated heterocycles. The maximum Gasteiger partial charge on any atom is 0.0439 e. The first kappa shape index (κ1) is 8.93. The molecule has 1 heterocycles. The van der Waals surface area contributed by atoms with E-state index >= 15 is 0 Å². The molecule has 1 fully saturated rings. The number of benzene rings is 1. The fourth-order valence-corrected chi connectivity index (χ4v) is 3.08. The molecule has 14 heavy (non-hydrogen) atoms. The number of halogens is 1. The van der Waals surface area contributed by atoms with Gasteiger partial charge in [-0.15, -0.1) is 0 Å². The fraction of sp³-hybridized carbons (Fsp3) is 0.500. The monoisotopic (exact) mass is 251 g/mol. The van der Waals surface area contributed by atoms with Crippen LogP contribution in [0.4, 0.5) is 0 Å². The fourth-order valence-electron chi connectivity index (χ4n) is 2.52. The van der Waals surface area contributed by atoms with E-state index in [-0.39, 0.29) is 0 Å². The van der Waals surface area contributed by atoms with Gasteiger partial charge in [0.15, 0.2) is 0 Å². The summed E-state index contributed by atoms with van der Waals surface area (Å²) in [6.07, 6.45) is 5.11. The Balaban J connectivity index is 2.16. The van der Waals surface area contributed by atoms with Crippen molar-refractivity contribution in [3.8, 4) is 0 Å². The van der Waals surface area contributed by atoms with Crippen molar-refractivity contribution in [1.82, 2.24) is 5.32 Å². The number of fused-ring (bicyclic) bond motifs is 2. The van der Waals surface area contributed by atoms with E-state index in [1.54, 1.807) is 5.56 Å². The zero-order valence-electron chi connectivity index (χ0n) is 8.15. The van der Waals surface area contributed by atoms with Crippen LogP contribution in [0.3, 0.4) is 0 Å². The van der Waals surface area contributed by atoms with Crippen LogP contribution in [0.5, 0.6) is 0 Å². The lowest BCUT2D eigenvalue weighted by Crippen LogP contribution is -2.28. The van der Waals surface area contributed by atoms with Gasteiger partial charge in [-0.25, -0.2) is 0 Å². The van der Waals surface area contributed by atoms with E-state index < -0.39 is 0 Å². The topological polar surface area (TPSA) is 12.0 Å². The summed E-state index contributed by atoms with van der Waals surface area (Å²) in [6, 6.07) is 6.63. The molecule has 1 nitrogen and oxygen atoms in total. The van der Waals surface area contributed by atoms with E-state index in [1.807, 2.05) is 0 Å². The van der Waals surface area contributed by atoms with Gasteiger partial charge in [-0.05, 0) is 49.4 Å². The Kier molecular flexibility index (Phi) is 1.96. The molecule has 3 rings (SSSR count). The minimum absolute atomic E-state index is 0.357. The molecule has 0 radical (unpaired) electrons. The first-order valence-electron chi connectivity index (χ1n) is 5.35. The van der Waals surface area contributed by atoms with Crippen molar-refractivity contribution < 1.29 is 0 Å². The molecule has 0 unspecified atom stereocenters. The minimum Gasteiger partial charge on any atom is -0.307 e. The lowest BCUT2D eigenvalue weighted by atomic mass is 9.97. The van der Waals surface area contributed by atoms with Gasteiger partial charge in [0, 0.05) is 10.0 Å². The van der Waals surface area contributed by atoms with Gasteiger partial charge in [0.2, 0.25) is 0 Å². The zero-order chi connectivity index (χ0) is 9.60. The normalized spacial score (nSPS) is 22.9. The van der Waals surface area contributed by atoms with Gasteiger partial charge < -0.3 is 5.32 Å². The largest absolute Gasteiger partial charge is 0.307 e. The SMILES string of the molecule is Brc1cccc2c1CCCNC21CC1. The predicted octanol–water partition coefficient (Wildman–Crippen LogP) is 2.97. The summed E-state index contributed by atoms with van der Waals surface area (Å²) < 4.78 is 1.30. The van der Waals surface area contributed by atoms with Crippen molar-refractivity contribution >= 4 is 15.9 Å². The number of hydrogen-bond acceptors (Lipinski definition) is 1. The summed E-state index contributed by atoms with van der Waals surface area (Å²) in [5, 5.41) is 3.69. The molecule has 1 aromatic rings. The number of hydrogen-bond donors (Lipinski definition) is 1. The first-order valence-corrected chi connectivity index (χ1v) is 6.14. The van der Waals surface area contributed by atoms with Gasteiger partial charge in [-0.2, -0.15) is 0 Å². The molecule has 1 aromatic carbocycles. The highest BCUT2D eigenvalue weighted by atomic mass is 79.9. The highest BCUT2D eigenvalue weighted by Crippen LogP contribution is 2.48. The van der Waals surface area contributed by atoms with Crippen molar-refractivity contribution in [1.29, 1.82) is 0 Å². The maximum atomic E-state index is 3.69. The third kappa shape index (κ3) is 1.24. The Bertz CT molecular complexity index is 369. The number of nitrogens with one attached hydrogen (secondary N) is 1. The van der Waals surface area contributed by atoms with Gasteiger partial charge in [-0.1, -0.05) is 28.1 Å². The third-order valence-electron chi connectivity index (χ3n) is 3.45. The molecule has 0 amide bonds. The molecule has 2 aliphatic rings. The van der Waals surface area contributed by atoms with Crippen molar-refractivity contribution in [2.45, 2.75) is 31.2 Å². The maximum absolute atomic E-state index is 3.69. The second-order valence-electron chi connectivity index (χ2n) is 4.38. The molecule has 1 aliphatic carbocycles. The van der Waals surface area contributed by atoms with Gasteiger partial charge in [0.05, 0.1) is 0 Å². The first-order chi connectivity index (χ1) is 6.82. The lowest BCUT2D eigenvalue weighted by Gasteiger charge is -2.17. The minimum atomic E-state index is 0.357. The highest BCUT2D eigenvalue weighted by Gasteiger charge is 2.45. The average Bonchev–Trinajstić information content (AvgIpc) is 2.97. The lowest BCUT2D eigenvalue weighted by molar-refractivity contribution is 0.529. The second kappa shape index (κ2) is 3.07. The Labute approximate surface area is 93.0 Å². The second-order valence-corrected chi connectivity index (χ2v) is 5.23. The van der Waals surface area contributed by atoms with E-state index in [1.165, 1.54) is 42.3 Å². The summed E-state index contributed by atoms with van der Waals surface area (Å²) in [5.41, 5.74) is 3.44. The van der Waals surface area contributed by atoms with Crippen molar-refractivity contribution in [2.75, 3.05) is 6.54 Å². The van der Waals surface area contributed by atoms with E-state index in [9.17, 15) is 0 Å². The molecule has 0 atom stereocenters. The molecular weight excluding hydrogens is 238 g/mol. The van der Waals surface area contributed by atoms with Gasteiger partial charge in [0.1, 0.15) is 0 Å². The van der Waals surface area contributed by atoms with Gasteiger partial charge in [0.25, 0.3) is 0 Å². The molecule has 1 saturated carbocycles. The van der Waals surface area contributed by atoms with E-state index in [0.29, 0.717) is 5.54 Å². The van der Waals surface area contributed by atoms with Crippen LogP contribution in [0.1, 0.15) is 30.4 Å².